The summed E-state index contributed by atoms with van der Waals surface area (Å²) < 4.78 is 5.83. The van der Waals surface area contributed by atoms with Crippen LogP contribution in [-0.4, -0.2) is 14.5 Å². The zero-order valence-corrected chi connectivity index (χ0v) is 19.3. The molecule has 1 aliphatic rings. The molecule has 154 valence electrons. The quantitative estimate of drug-likeness (QED) is 0.330. The molecule has 0 saturated heterocycles. The standard InChI is InChI=1S/C26H25N4S/c1-14(2)18-12-31-26-24(18)27-13-29(5)25(26)23-16(4)15(3)10-21-17(23)11-22-28-19-8-6-7-9-20(19)30(21)22/h6-10,12-14H,11H2,1-5H3/q+1. The van der Waals surface area contributed by atoms with Crippen molar-refractivity contribution in [2.24, 2.45) is 7.05 Å². The maximum absolute atomic E-state index is 4.96. The summed E-state index contributed by atoms with van der Waals surface area (Å²) in [5.41, 5.74) is 12.7. The number of nitrogens with zero attached hydrogens (tertiary/aromatic N) is 4. The molecule has 6 rings (SSSR count). The van der Waals surface area contributed by atoms with Gasteiger partial charge in [0.25, 0.3) is 6.33 Å². The smallest absolute Gasteiger partial charge is 0.287 e. The summed E-state index contributed by atoms with van der Waals surface area (Å²) in [7, 11) is 2.12. The van der Waals surface area contributed by atoms with Crippen LogP contribution in [0, 0.1) is 13.8 Å². The molecule has 31 heavy (non-hydrogen) atoms. The zero-order chi connectivity index (χ0) is 21.4. The van der Waals surface area contributed by atoms with Gasteiger partial charge in [0.05, 0.1) is 23.8 Å². The highest BCUT2D eigenvalue weighted by Crippen LogP contribution is 2.43. The number of hydrogen-bond donors (Lipinski definition) is 0. The maximum Gasteiger partial charge on any atom is 0.287 e. The highest BCUT2D eigenvalue weighted by molar-refractivity contribution is 7.17. The van der Waals surface area contributed by atoms with E-state index in [1.807, 2.05) is 17.7 Å². The summed E-state index contributed by atoms with van der Waals surface area (Å²) in [4.78, 5) is 9.78. The van der Waals surface area contributed by atoms with E-state index in [0.29, 0.717) is 5.92 Å². The van der Waals surface area contributed by atoms with Gasteiger partial charge in [-0.2, -0.15) is 0 Å². The first-order valence-electron chi connectivity index (χ1n) is 10.8. The molecular formula is C26H25N4S+. The predicted molar refractivity (Wildman–Crippen MR) is 127 cm³/mol. The minimum Gasteiger partial charge on any atom is -0.296 e. The fraction of sp³-hybridized carbons (Fsp3) is 0.269. The summed E-state index contributed by atoms with van der Waals surface area (Å²) in [6.45, 7) is 8.97. The van der Waals surface area contributed by atoms with Crippen LogP contribution in [0.3, 0.4) is 0 Å². The van der Waals surface area contributed by atoms with Crippen molar-refractivity contribution in [3.8, 4) is 16.9 Å². The summed E-state index contributed by atoms with van der Waals surface area (Å²) in [5, 5.41) is 2.29. The van der Waals surface area contributed by atoms with Crippen LogP contribution in [0.5, 0.6) is 0 Å². The van der Waals surface area contributed by atoms with E-state index >= 15 is 0 Å². The third-order valence-corrected chi connectivity index (χ3v) is 7.71. The average Bonchev–Trinajstić information content (AvgIpc) is 3.41. The second kappa shape index (κ2) is 6.47. The van der Waals surface area contributed by atoms with Crippen LogP contribution in [0.2, 0.25) is 0 Å². The molecule has 0 unspecified atom stereocenters. The Morgan fingerprint density at radius 2 is 1.97 bits per heavy atom. The lowest BCUT2D eigenvalue weighted by Crippen LogP contribution is -2.32. The molecule has 4 nitrogen and oxygen atoms in total. The molecule has 0 spiro atoms. The number of aryl methyl sites for hydroxylation is 2. The van der Waals surface area contributed by atoms with Gasteiger partial charge >= 0.3 is 0 Å². The van der Waals surface area contributed by atoms with Crippen LogP contribution < -0.4 is 4.57 Å². The molecule has 5 heteroatoms. The molecule has 1 aliphatic heterocycles. The Morgan fingerprint density at radius 3 is 2.77 bits per heavy atom. The minimum absolute atomic E-state index is 0.461. The van der Waals surface area contributed by atoms with E-state index < -0.39 is 0 Å². The molecule has 0 amide bonds. The number of para-hydroxylation sites is 2. The van der Waals surface area contributed by atoms with Crippen LogP contribution in [0.1, 0.15) is 47.8 Å². The lowest BCUT2D eigenvalue weighted by Gasteiger charge is -2.16. The van der Waals surface area contributed by atoms with Gasteiger partial charge in [-0.25, -0.2) is 9.55 Å². The Morgan fingerprint density at radius 1 is 1.16 bits per heavy atom. The van der Waals surface area contributed by atoms with Crippen molar-refractivity contribution in [2.45, 2.75) is 40.0 Å². The van der Waals surface area contributed by atoms with Crippen molar-refractivity contribution in [1.29, 1.82) is 0 Å². The molecule has 3 aromatic heterocycles. The highest BCUT2D eigenvalue weighted by Gasteiger charge is 2.31. The zero-order valence-electron chi connectivity index (χ0n) is 18.5. The summed E-state index contributed by atoms with van der Waals surface area (Å²) >= 11 is 1.82. The van der Waals surface area contributed by atoms with Gasteiger partial charge < -0.3 is 0 Å². The predicted octanol–water partition coefficient (Wildman–Crippen LogP) is 5.77. The third kappa shape index (κ3) is 2.50. The lowest BCUT2D eigenvalue weighted by molar-refractivity contribution is -0.662. The van der Waals surface area contributed by atoms with Crippen LogP contribution >= 0.6 is 11.3 Å². The second-order valence-corrected chi connectivity index (χ2v) is 9.83. The van der Waals surface area contributed by atoms with Crippen LogP contribution in [0.25, 0.3) is 38.2 Å². The molecule has 0 aliphatic carbocycles. The largest absolute Gasteiger partial charge is 0.296 e. The number of fused-ring (bicyclic) bond motifs is 6. The third-order valence-electron chi connectivity index (χ3n) is 6.72. The van der Waals surface area contributed by atoms with E-state index in [2.05, 4.69) is 79.6 Å². The number of imidazole rings is 1. The van der Waals surface area contributed by atoms with Gasteiger partial charge in [-0.05, 0) is 65.0 Å². The van der Waals surface area contributed by atoms with Gasteiger partial charge in [0.2, 0.25) is 5.52 Å². The highest BCUT2D eigenvalue weighted by atomic mass is 32.1. The van der Waals surface area contributed by atoms with Crippen LogP contribution in [0.4, 0.5) is 0 Å². The second-order valence-electron chi connectivity index (χ2n) is 8.95. The Bertz CT molecular complexity index is 1520. The van der Waals surface area contributed by atoms with E-state index in [1.165, 1.54) is 49.4 Å². The molecule has 4 heterocycles. The first kappa shape index (κ1) is 18.7. The number of hydrogen-bond acceptors (Lipinski definition) is 3. The molecule has 0 N–H and O–H groups in total. The molecule has 0 fully saturated rings. The summed E-state index contributed by atoms with van der Waals surface area (Å²) in [5.74, 6) is 1.59. The van der Waals surface area contributed by atoms with Crippen molar-refractivity contribution in [1.82, 2.24) is 14.5 Å². The monoisotopic (exact) mass is 425 g/mol. The SMILES string of the molecule is Cc1cc2c(c(-c3c4scc(C(C)C)c4nc[n+]3C)c1C)Cc1nc3ccccc3n1-2. The normalized spacial score (nSPS) is 12.8. The first-order chi connectivity index (χ1) is 15.0. The molecule has 0 saturated carbocycles. The maximum atomic E-state index is 4.96. The summed E-state index contributed by atoms with van der Waals surface area (Å²) in [6, 6.07) is 10.8. The Labute approximate surface area is 185 Å². The molecular weight excluding hydrogens is 400 g/mol. The number of thiophene rings is 1. The molecule has 0 atom stereocenters. The molecule has 2 aromatic carbocycles. The minimum atomic E-state index is 0.461. The van der Waals surface area contributed by atoms with Crippen molar-refractivity contribution in [3.05, 3.63) is 70.1 Å². The molecule has 0 bridgehead atoms. The molecule has 0 radical (unpaired) electrons. The lowest BCUT2D eigenvalue weighted by atomic mass is 9.92. The van der Waals surface area contributed by atoms with Gasteiger partial charge in [0, 0.05) is 17.5 Å². The number of rotatable bonds is 2. The first-order valence-corrected chi connectivity index (χ1v) is 11.7. The topological polar surface area (TPSA) is 34.6 Å². The number of benzene rings is 2. The van der Waals surface area contributed by atoms with Crippen LogP contribution in [-0.2, 0) is 13.5 Å². The molecule has 5 aromatic rings. The van der Waals surface area contributed by atoms with Gasteiger partial charge in [-0.15, -0.1) is 11.3 Å². The van der Waals surface area contributed by atoms with Crippen molar-refractivity contribution < 1.29 is 4.57 Å². The van der Waals surface area contributed by atoms with Crippen LogP contribution in [0.15, 0.2) is 42.0 Å². The average molecular weight is 426 g/mol. The Hall–Kier alpha value is -3.05. The summed E-state index contributed by atoms with van der Waals surface area (Å²) in [6.07, 6.45) is 2.83. The Kier molecular flexibility index (Phi) is 3.90. The Balaban J connectivity index is 1.70. The van der Waals surface area contributed by atoms with E-state index in [4.69, 9.17) is 9.97 Å². The van der Waals surface area contributed by atoms with Crippen molar-refractivity contribution in [2.75, 3.05) is 0 Å². The van der Waals surface area contributed by atoms with E-state index in [-0.39, 0.29) is 0 Å². The van der Waals surface area contributed by atoms with E-state index in [0.717, 1.165) is 23.3 Å². The van der Waals surface area contributed by atoms with E-state index in [9.17, 15) is 0 Å². The van der Waals surface area contributed by atoms with Crippen molar-refractivity contribution >= 4 is 32.6 Å². The van der Waals surface area contributed by atoms with E-state index in [1.54, 1.807) is 0 Å². The fourth-order valence-electron chi connectivity index (χ4n) is 5.00. The van der Waals surface area contributed by atoms with Gasteiger partial charge in [0.15, 0.2) is 5.69 Å². The number of aromatic nitrogens is 4. The van der Waals surface area contributed by atoms with Gasteiger partial charge in [-0.3, -0.25) is 4.57 Å². The van der Waals surface area contributed by atoms with Gasteiger partial charge in [-0.1, -0.05) is 26.0 Å². The van der Waals surface area contributed by atoms with Crippen molar-refractivity contribution in [3.63, 3.8) is 0 Å². The fourth-order valence-corrected chi connectivity index (χ4v) is 6.27. The van der Waals surface area contributed by atoms with Gasteiger partial charge in [0.1, 0.15) is 10.5 Å².